The summed E-state index contributed by atoms with van der Waals surface area (Å²) in [5, 5.41) is 3.24. The smallest absolute Gasteiger partial charge is 0.268 e. The van der Waals surface area contributed by atoms with E-state index >= 15 is 0 Å². The molecule has 0 bridgehead atoms. The number of aryl methyl sites for hydroxylation is 1. The van der Waals surface area contributed by atoms with Crippen LogP contribution in [0.5, 0.6) is 0 Å². The zero-order valence-corrected chi connectivity index (χ0v) is 15.0. The predicted octanol–water partition coefficient (Wildman–Crippen LogP) is 4.45. The van der Waals surface area contributed by atoms with Crippen molar-refractivity contribution in [2.75, 3.05) is 0 Å². The van der Waals surface area contributed by atoms with E-state index in [2.05, 4.69) is 15.3 Å². The molecular weight excluding hydrogens is 366 g/mol. The number of amides is 1. The first-order chi connectivity index (χ1) is 11.9. The van der Waals surface area contributed by atoms with E-state index in [1.165, 1.54) is 12.1 Å². The largest absolute Gasteiger partial charge is 0.344 e. The van der Waals surface area contributed by atoms with Crippen LogP contribution in [0.15, 0.2) is 36.7 Å². The van der Waals surface area contributed by atoms with Crippen molar-refractivity contribution in [1.82, 2.24) is 19.9 Å². The van der Waals surface area contributed by atoms with Gasteiger partial charge in [0.15, 0.2) is 0 Å². The van der Waals surface area contributed by atoms with Gasteiger partial charge >= 0.3 is 0 Å². The normalized spacial score (nSPS) is 12.2. The van der Waals surface area contributed by atoms with Crippen LogP contribution in [0, 0.1) is 12.7 Å². The summed E-state index contributed by atoms with van der Waals surface area (Å²) in [4.78, 5) is 19.0. The highest BCUT2D eigenvalue weighted by Gasteiger charge is 2.16. The number of nitrogens with one attached hydrogen (secondary N) is 2. The van der Waals surface area contributed by atoms with Gasteiger partial charge in [-0.15, -0.1) is 0 Å². The van der Waals surface area contributed by atoms with Crippen LogP contribution in [0.4, 0.5) is 4.39 Å². The lowest BCUT2D eigenvalue weighted by Crippen LogP contribution is -2.27. The molecule has 0 radical (unpaired) electrons. The number of imidazole rings is 1. The second-order valence-corrected chi connectivity index (χ2v) is 6.38. The van der Waals surface area contributed by atoms with E-state index in [1.807, 2.05) is 0 Å². The zero-order valence-electron chi connectivity index (χ0n) is 13.5. The molecule has 8 heteroatoms. The molecule has 1 atom stereocenters. The van der Waals surface area contributed by atoms with Gasteiger partial charge in [-0.05, 0) is 37.6 Å². The van der Waals surface area contributed by atoms with Gasteiger partial charge in [0, 0.05) is 12.4 Å². The lowest BCUT2D eigenvalue weighted by atomic mass is 10.1. The molecule has 3 rings (SSSR count). The molecule has 5 nitrogen and oxygen atoms in total. The van der Waals surface area contributed by atoms with E-state index < -0.39 is 11.9 Å². The number of hydrogen-bond acceptors (Lipinski definition) is 2. The molecule has 0 aliphatic carbocycles. The number of benzene rings is 1. The molecule has 2 aromatic heterocycles. The van der Waals surface area contributed by atoms with Crippen molar-refractivity contribution in [3.05, 3.63) is 69.7 Å². The fraction of sp³-hybridized carbons (Fsp3) is 0.176. The monoisotopic (exact) mass is 380 g/mol. The molecule has 3 aromatic rings. The van der Waals surface area contributed by atoms with Crippen molar-refractivity contribution in [3.63, 3.8) is 0 Å². The molecule has 1 amide bonds. The Bertz CT molecular complexity index is 915. The maximum absolute atomic E-state index is 14.5. The number of H-pyrrole nitrogens is 1. The summed E-state index contributed by atoms with van der Waals surface area (Å²) in [7, 11) is 0. The van der Waals surface area contributed by atoms with E-state index in [9.17, 15) is 9.18 Å². The molecule has 0 aliphatic heterocycles. The van der Waals surface area contributed by atoms with Crippen LogP contribution in [-0.2, 0) is 0 Å². The maximum atomic E-state index is 14.5. The van der Waals surface area contributed by atoms with Crippen molar-refractivity contribution < 1.29 is 9.18 Å². The van der Waals surface area contributed by atoms with Crippen molar-refractivity contribution in [1.29, 1.82) is 0 Å². The Morgan fingerprint density at radius 2 is 2.12 bits per heavy atom. The van der Waals surface area contributed by atoms with Crippen LogP contribution < -0.4 is 5.32 Å². The highest BCUT2D eigenvalue weighted by atomic mass is 35.5. The molecule has 25 heavy (non-hydrogen) atoms. The van der Waals surface area contributed by atoms with Gasteiger partial charge in [-0.1, -0.05) is 29.3 Å². The number of nitrogens with zero attached hydrogens (tertiary/aromatic N) is 2. The summed E-state index contributed by atoms with van der Waals surface area (Å²) in [6, 6.07) is 5.86. The Kier molecular flexibility index (Phi) is 4.83. The van der Waals surface area contributed by atoms with Gasteiger partial charge in [-0.25, -0.2) is 9.37 Å². The zero-order chi connectivity index (χ0) is 18.1. The van der Waals surface area contributed by atoms with Crippen LogP contribution in [0.1, 0.15) is 34.8 Å². The van der Waals surface area contributed by atoms with Crippen LogP contribution in [-0.4, -0.2) is 20.4 Å². The minimum absolute atomic E-state index is 0.200. The molecular formula is C17H15Cl2FN4O. The molecule has 0 saturated heterocycles. The van der Waals surface area contributed by atoms with E-state index in [0.29, 0.717) is 17.1 Å². The van der Waals surface area contributed by atoms with Gasteiger partial charge < -0.3 is 14.9 Å². The second kappa shape index (κ2) is 6.90. The number of hydrogen-bond donors (Lipinski definition) is 2. The van der Waals surface area contributed by atoms with Crippen molar-refractivity contribution >= 4 is 29.1 Å². The van der Waals surface area contributed by atoms with E-state index in [4.69, 9.17) is 23.2 Å². The van der Waals surface area contributed by atoms with Crippen LogP contribution >= 0.6 is 23.2 Å². The van der Waals surface area contributed by atoms with E-state index in [1.54, 1.807) is 42.9 Å². The Morgan fingerprint density at radius 3 is 2.68 bits per heavy atom. The quantitative estimate of drug-likeness (QED) is 0.702. The molecule has 0 fully saturated rings. The third kappa shape index (κ3) is 3.55. The summed E-state index contributed by atoms with van der Waals surface area (Å²) in [6.45, 7) is 3.56. The van der Waals surface area contributed by atoms with Gasteiger partial charge in [0.2, 0.25) is 0 Å². The topological polar surface area (TPSA) is 62.7 Å². The number of halogens is 3. The standard InChI is InChI=1S/C17H15Cl2FN4O/c1-9(22-17(25)14-8-12(18)16(19)23-14)11-3-4-15(13(20)7-11)24-6-5-21-10(24)2/h3-9,23H,1-2H3,(H,22,25)/t9-/m0/s1. The number of aromatic amines is 1. The Balaban J connectivity index is 1.78. The highest BCUT2D eigenvalue weighted by molar-refractivity contribution is 6.41. The molecule has 2 heterocycles. The Hall–Kier alpha value is -2.31. The van der Waals surface area contributed by atoms with E-state index in [0.717, 1.165) is 0 Å². The number of aromatic nitrogens is 3. The average Bonchev–Trinajstić information content (AvgIpc) is 3.13. The fourth-order valence-corrected chi connectivity index (χ4v) is 2.82. The van der Waals surface area contributed by atoms with Crippen molar-refractivity contribution in [2.24, 2.45) is 0 Å². The Labute approximate surface area is 153 Å². The molecule has 0 spiro atoms. The van der Waals surface area contributed by atoms with Gasteiger partial charge in [-0.2, -0.15) is 0 Å². The van der Waals surface area contributed by atoms with Gasteiger partial charge in [0.05, 0.1) is 16.8 Å². The number of carbonyl (C=O) groups is 1. The minimum Gasteiger partial charge on any atom is -0.344 e. The van der Waals surface area contributed by atoms with Gasteiger partial charge in [0.25, 0.3) is 5.91 Å². The maximum Gasteiger partial charge on any atom is 0.268 e. The third-order valence-corrected chi connectivity index (χ3v) is 4.57. The summed E-state index contributed by atoms with van der Waals surface area (Å²) in [5.74, 6) is -0.0876. The lowest BCUT2D eigenvalue weighted by Gasteiger charge is -2.15. The SMILES string of the molecule is Cc1nccn1-c1ccc([C@H](C)NC(=O)c2cc(Cl)c(Cl)[nH]2)cc1F. The van der Waals surface area contributed by atoms with Crippen LogP contribution in [0.25, 0.3) is 5.69 Å². The van der Waals surface area contributed by atoms with E-state index in [-0.39, 0.29) is 21.8 Å². The first-order valence-corrected chi connectivity index (χ1v) is 8.27. The van der Waals surface area contributed by atoms with Crippen molar-refractivity contribution in [2.45, 2.75) is 19.9 Å². The fourth-order valence-electron chi connectivity index (χ4n) is 2.50. The minimum atomic E-state index is -0.402. The molecule has 130 valence electrons. The van der Waals surface area contributed by atoms with Crippen LogP contribution in [0.3, 0.4) is 0 Å². The summed E-state index contributed by atoms with van der Waals surface area (Å²) >= 11 is 11.6. The average molecular weight is 381 g/mol. The van der Waals surface area contributed by atoms with Crippen molar-refractivity contribution in [3.8, 4) is 5.69 Å². The highest BCUT2D eigenvalue weighted by Crippen LogP contribution is 2.23. The first kappa shape index (κ1) is 17.5. The number of carbonyl (C=O) groups excluding carboxylic acids is 1. The lowest BCUT2D eigenvalue weighted by molar-refractivity contribution is 0.0935. The molecule has 0 aliphatic rings. The summed E-state index contributed by atoms with van der Waals surface area (Å²) < 4.78 is 16.1. The first-order valence-electron chi connectivity index (χ1n) is 7.51. The molecule has 0 unspecified atom stereocenters. The third-order valence-electron chi connectivity index (χ3n) is 3.87. The van der Waals surface area contributed by atoms with Gasteiger partial charge in [0.1, 0.15) is 22.5 Å². The molecule has 1 aromatic carbocycles. The summed E-state index contributed by atoms with van der Waals surface area (Å²) in [5.41, 5.74) is 1.28. The van der Waals surface area contributed by atoms with Gasteiger partial charge in [-0.3, -0.25) is 4.79 Å². The predicted molar refractivity (Wildman–Crippen MR) is 95.0 cm³/mol. The van der Waals surface area contributed by atoms with Crippen LogP contribution in [0.2, 0.25) is 10.2 Å². The second-order valence-electron chi connectivity index (χ2n) is 5.60. The molecule has 0 saturated carbocycles. The molecule has 2 N–H and O–H groups in total. The Morgan fingerprint density at radius 1 is 1.36 bits per heavy atom. The summed E-state index contributed by atoms with van der Waals surface area (Å²) in [6.07, 6.45) is 3.30. The number of rotatable bonds is 4.